The standard InChI is InChI=1S/C10H7IN2O3/c11-7-2-1-6(5-8(7)14)10(15)12-9-3-4-16-13-9/h1-5,14H,(H,12,13,15). The number of hydrogen-bond donors (Lipinski definition) is 2. The first-order chi connectivity index (χ1) is 7.66. The van der Waals surface area contributed by atoms with Crippen LogP contribution in [-0.4, -0.2) is 16.2 Å². The van der Waals surface area contributed by atoms with Gasteiger partial charge in [0.2, 0.25) is 0 Å². The molecule has 1 heterocycles. The number of rotatable bonds is 2. The number of aromatic hydroxyl groups is 1. The number of phenolic OH excluding ortho intramolecular Hbond substituents is 1. The Labute approximate surface area is 105 Å². The van der Waals surface area contributed by atoms with Crippen molar-refractivity contribution >= 4 is 34.3 Å². The summed E-state index contributed by atoms with van der Waals surface area (Å²) in [7, 11) is 0. The van der Waals surface area contributed by atoms with E-state index in [1.807, 2.05) is 22.6 Å². The van der Waals surface area contributed by atoms with Crippen LogP contribution in [0.1, 0.15) is 10.4 Å². The Hall–Kier alpha value is -1.57. The molecule has 0 saturated heterocycles. The Morgan fingerprint density at radius 2 is 2.25 bits per heavy atom. The van der Waals surface area contributed by atoms with Gasteiger partial charge in [-0.2, -0.15) is 0 Å². The molecule has 5 nitrogen and oxygen atoms in total. The zero-order valence-electron chi connectivity index (χ0n) is 7.98. The van der Waals surface area contributed by atoms with Crippen LogP contribution in [-0.2, 0) is 0 Å². The van der Waals surface area contributed by atoms with Gasteiger partial charge in [0.1, 0.15) is 12.0 Å². The zero-order valence-corrected chi connectivity index (χ0v) is 10.1. The number of halogens is 1. The third-order valence-corrected chi connectivity index (χ3v) is 2.80. The predicted molar refractivity (Wildman–Crippen MR) is 65.3 cm³/mol. The molecule has 0 aliphatic heterocycles. The molecule has 0 bridgehead atoms. The van der Waals surface area contributed by atoms with Gasteiger partial charge in [0, 0.05) is 11.6 Å². The molecule has 0 saturated carbocycles. The lowest BCUT2D eigenvalue weighted by molar-refractivity contribution is 0.102. The summed E-state index contributed by atoms with van der Waals surface area (Å²) in [5, 5.41) is 15.5. The highest BCUT2D eigenvalue weighted by molar-refractivity contribution is 14.1. The summed E-state index contributed by atoms with van der Waals surface area (Å²) in [5.74, 6) is 0.0667. The second-order valence-corrected chi connectivity index (χ2v) is 4.17. The molecule has 1 aromatic carbocycles. The van der Waals surface area contributed by atoms with E-state index < -0.39 is 0 Å². The molecule has 0 spiro atoms. The molecular formula is C10H7IN2O3. The molecule has 0 unspecified atom stereocenters. The Bertz CT molecular complexity index is 511. The molecular weight excluding hydrogens is 323 g/mol. The van der Waals surface area contributed by atoms with Crippen molar-refractivity contribution in [2.24, 2.45) is 0 Å². The number of carbonyl (C=O) groups excluding carboxylic acids is 1. The average molecular weight is 330 g/mol. The number of amides is 1. The summed E-state index contributed by atoms with van der Waals surface area (Å²) in [6.45, 7) is 0. The highest BCUT2D eigenvalue weighted by Crippen LogP contribution is 2.20. The summed E-state index contributed by atoms with van der Waals surface area (Å²) < 4.78 is 5.27. The Kier molecular flexibility index (Phi) is 3.09. The van der Waals surface area contributed by atoms with Gasteiger partial charge in [-0.15, -0.1) is 0 Å². The molecule has 1 amide bonds. The molecule has 0 radical (unpaired) electrons. The number of anilines is 1. The van der Waals surface area contributed by atoms with Crippen LogP contribution in [0, 0.1) is 3.57 Å². The number of carbonyl (C=O) groups is 1. The largest absolute Gasteiger partial charge is 0.507 e. The van der Waals surface area contributed by atoms with Gasteiger partial charge in [0.25, 0.3) is 5.91 Å². The van der Waals surface area contributed by atoms with Crippen LogP contribution in [0.15, 0.2) is 35.1 Å². The summed E-state index contributed by atoms with van der Waals surface area (Å²) in [5.41, 5.74) is 0.362. The molecule has 0 fully saturated rings. The van der Waals surface area contributed by atoms with Crippen LogP contribution in [0.25, 0.3) is 0 Å². The molecule has 16 heavy (non-hydrogen) atoms. The van der Waals surface area contributed by atoms with Crippen LogP contribution in [0.2, 0.25) is 0 Å². The van der Waals surface area contributed by atoms with Crippen molar-refractivity contribution in [1.82, 2.24) is 5.16 Å². The zero-order chi connectivity index (χ0) is 11.5. The second kappa shape index (κ2) is 4.52. The minimum Gasteiger partial charge on any atom is -0.507 e. The second-order valence-electron chi connectivity index (χ2n) is 3.01. The summed E-state index contributed by atoms with van der Waals surface area (Å²) >= 11 is 1.98. The monoisotopic (exact) mass is 330 g/mol. The van der Waals surface area contributed by atoms with Crippen molar-refractivity contribution in [3.63, 3.8) is 0 Å². The topological polar surface area (TPSA) is 75.4 Å². The number of hydrogen-bond acceptors (Lipinski definition) is 4. The van der Waals surface area contributed by atoms with Gasteiger partial charge in [0.05, 0.1) is 3.57 Å². The van der Waals surface area contributed by atoms with E-state index in [1.54, 1.807) is 12.1 Å². The molecule has 2 rings (SSSR count). The number of benzene rings is 1. The van der Waals surface area contributed by atoms with Crippen LogP contribution in [0.4, 0.5) is 5.82 Å². The van der Waals surface area contributed by atoms with E-state index in [0.29, 0.717) is 15.0 Å². The number of phenols is 1. The maximum absolute atomic E-state index is 11.7. The van der Waals surface area contributed by atoms with Crippen molar-refractivity contribution in [3.8, 4) is 5.75 Å². The van der Waals surface area contributed by atoms with E-state index in [0.717, 1.165) is 0 Å². The molecule has 6 heteroatoms. The molecule has 82 valence electrons. The first-order valence-corrected chi connectivity index (χ1v) is 5.45. The Balaban J connectivity index is 2.18. The smallest absolute Gasteiger partial charge is 0.257 e. The molecule has 0 aliphatic carbocycles. The lowest BCUT2D eigenvalue weighted by Gasteiger charge is -2.02. The van der Waals surface area contributed by atoms with Gasteiger partial charge in [-0.25, -0.2) is 0 Å². The van der Waals surface area contributed by atoms with Crippen molar-refractivity contribution in [2.45, 2.75) is 0 Å². The molecule has 2 N–H and O–H groups in total. The summed E-state index contributed by atoms with van der Waals surface area (Å²) in [4.78, 5) is 11.7. The van der Waals surface area contributed by atoms with Crippen molar-refractivity contribution < 1.29 is 14.4 Å². The summed E-state index contributed by atoms with van der Waals surface area (Å²) in [6, 6.07) is 6.21. The predicted octanol–water partition coefficient (Wildman–Crippen LogP) is 2.24. The van der Waals surface area contributed by atoms with Gasteiger partial charge in [-0.1, -0.05) is 5.16 Å². The van der Waals surface area contributed by atoms with E-state index >= 15 is 0 Å². The van der Waals surface area contributed by atoms with Crippen LogP contribution in [0.5, 0.6) is 5.75 Å². The first-order valence-electron chi connectivity index (χ1n) is 4.37. The minimum absolute atomic E-state index is 0.0772. The minimum atomic E-state index is -0.347. The van der Waals surface area contributed by atoms with Gasteiger partial charge in [-0.05, 0) is 40.8 Å². The van der Waals surface area contributed by atoms with Gasteiger partial charge in [0.15, 0.2) is 5.82 Å². The third kappa shape index (κ3) is 2.32. The van der Waals surface area contributed by atoms with E-state index in [-0.39, 0.29) is 11.7 Å². The summed E-state index contributed by atoms with van der Waals surface area (Å²) in [6.07, 6.45) is 1.36. The lowest BCUT2D eigenvalue weighted by Crippen LogP contribution is -2.11. The first kappa shape index (κ1) is 10.9. The molecule has 1 aromatic heterocycles. The average Bonchev–Trinajstić information content (AvgIpc) is 2.74. The third-order valence-electron chi connectivity index (χ3n) is 1.89. The highest BCUT2D eigenvalue weighted by Gasteiger charge is 2.09. The molecule has 0 aliphatic rings. The highest BCUT2D eigenvalue weighted by atomic mass is 127. The van der Waals surface area contributed by atoms with E-state index in [9.17, 15) is 9.90 Å². The number of aromatic nitrogens is 1. The van der Waals surface area contributed by atoms with Crippen molar-refractivity contribution in [1.29, 1.82) is 0 Å². The van der Waals surface area contributed by atoms with E-state index in [2.05, 4.69) is 15.0 Å². The van der Waals surface area contributed by atoms with E-state index in [4.69, 9.17) is 0 Å². The normalized spacial score (nSPS) is 10.1. The lowest BCUT2D eigenvalue weighted by atomic mass is 10.2. The maximum atomic E-state index is 11.7. The maximum Gasteiger partial charge on any atom is 0.257 e. The molecule has 0 atom stereocenters. The Morgan fingerprint density at radius 3 is 2.88 bits per heavy atom. The fourth-order valence-electron chi connectivity index (χ4n) is 1.12. The Morgan fingerprint density at radius 1 is 1.44 bits per heavy atom. The van der Waals surface area contributed by atoms with Gasteiger partial charge in [-0.3, -0.25) is 4.79 Å². The van der Waals surface area contributed by atoms with Crippen LogP contribution >= 0.6 is 22.6 Å². The van der Waals surface area contributed by atoms with Crippen molar-refractivity contribution in [2.75, 3.05) is 5.32 Å². The number of nitrogens with zero attached hydrogens (tertiary/aromatic N) is 1. The SMILES string of the molecule is O=C(Nc1ccon1)c1ccc(I)c(O)c1. The van der Waals surface area contributed by atoms with Gasteiger partial charge >= 0.3 is 0 Å². The van der Waals surface area contributed by atoms with Crippen molar-refractivity contribution in [3.05, 3.63) is 39.7 Å². The van der Waals surface area contributed by atoms with Crippen LogP contribution < -0.4 is 5.32 Å². The van der Waals surface area contributed by atoms with Gasteiger partial charge < -0.3 is 14.9 Å². The molecule has 2 aromatic rings. The fraction of sp³-hybridized carbons (Fsp3) is 0. The number of nitrogens with one attached hydrogen (secondary N) is 1. The van der Waals surface area contributed by atoms with E-state index in [1.165, 1.54) is 18.4 Å². The fourth-order valence-corrected chi connectivity index (χ4v) is 1.45. The quantitative estimate of drug-likeness (QED) is 0.828. The van der Waals surface area contributed by atoms with Crippen LogP contribution in [0.3, 0.4) is 0 Å².